The molecule has 0 saturated carbocycles. The van der Waals surface area contributed by atoms with Crippen LogP contribution < -0.4 is 5.73 Å². The van der Waals surface area contributed by atoms with Crippen LogP contribution in [0.5, 0.6) is 0 Å². The molecule has 0 saturated heterocycles. The van der Waals surface area contributed by atoms with Gasteiger partial charge < -0.3 is 5.73 Å². The van der Waals surface area contributed by atoms with E-state index in [1.54, 1.807) is 12.3 Å². The van der Waals surface area contributed by atoms with Crippen LogP contribution in [0.4, 0.5) is 5.82 Å². The van der Waals surface area contributed by atoms with E-state index >= 15 is 0 Å². The van der Waals surface area contributed by atoms with Crippen molar-refractivity contribution in [3.05, 3.63) is 30.0 Å². The molecule has 0 fully saturated rings. The number of hydrogen-bond donors (Lipinski definition) is 1. The van der Waals surface area contributed by atoms with Gasteiger partial charge in [0.15, 0.2) is 5.82 Å². The number of aromatic nitrogens is 4. The molecule has 0 aliphatic rings. The van der Waals surface area contributed by atoms with Gasteiger partial charge in [-0.1, -0.05) is 13.8 Å². The van der Waals surface area contributed by atoms with Crippen molar-refractivity contribution >= 4 is 5.82 Å². The summed E-state index contributed by atoms with van der Waals surface area (Å²) < 4.78 is 1.83. The van der Waals surface area contributed by atoms with Crippen molar-refractivity contribution in [1.29, 1.82) is 0 Å². The predicted octanol–water partition coefficient (Wildman–Crippen LogP) is 1.37. The number of aryl methyl sites for hydroxylation is 2. The fourth-order valence-electron chi connectivity index (χ4n) is 1.55. The molecule has 0 bridgehead atoms. The first-order valence-electron chi connectivity index (χ1n) is 5.41. The minimum atomic E-state index is 0.494. The van der Waals surface area contributed by atoms with Crippen LogP contribution in [0.3, 0.4) is 0 Å². The Morgan fingerprint density at radius 2 is 2.12 bits per heavy atom. The first-order valence-corrected chi connectivity index (χ1v) is 5.41. The van der Waals surface area contributed by atoms with Crippen molar-refractivity contribution in [2.45, 2.75) is 26.7 Å². The Morgan fingerprint density at radius 1 is 1.31 bits per heavy atom. The highest BCUT2D eigenvalue weighted by molar-refractivity contribution is 5.41. The van der Waals surface area contributed by atoms with Gasteiger partial charge in [-0.15, -0.1) is 0 Å². The molecule has 2 aromatic rings. The van der Waals surface area contributed by atoms with Crippen molar-refractivity contribution in [1.82, 2.24) is 19.7 Å². The van der Waals surface area contributed by atoms with Crippen molar-refractivity contribution in [3.63, 3.8) is 0 Å². The predicted molar refractivity (Wildman–Crippen MR) is 62.3 cm³/mol. The average Bonchev–Trinajstić information content (AvgIpc) is 2.72. The number of nitrogen functional groups attached to an aromatic ring is 1. The van der Waals surface area contributed by atoms with Crippen LogP contribution in [-0.4, -0.2) is 19.7 Å². The summed E-state index contributed by atoms with van der Waals surface area (Å²) in [4.78, 5) is 8.41. The largest absolute Gasteiger partial charge is 0.384 e. The Kier molecular flexibility index (Phi) is 2.85. The van der Waals surface area contributed by atoms with Crippen LogP contribution in [0.2, 0.25) is 0 Å². The number of nitrogens with zero attached hydrogens (tertiary/aromatic N) is 4. The Bertz CT molecular complexity index is 489. The lowest BCUT2D eigenvalue weighted by Crippen LogP contribution is -2.03. The van der Waals surface area contributed by atoms with Gasteiger partial charge in [-0.25, -0.2) is 14.6 Å². The Hall–Kier alpha value is -1.91. The number of anilines is 1. The quantitative estimate of drug-likeness (QED) is 0.843. The van der Waals surface area contributed by atoms with Crippen molar-refractivity contribution < 1.29 is 0 Å². The van der Waals surface area contributed by atoms with E-state index in [0.717, 1.165) is 30.2 Å². The van der Waals surface area contributed by atoms with Crippen LogP contribution >= 0.6 is 0 Å². The average molecular weight is 217 g/mol. The molecule has 84 valence electrons. The van der Waals surface area contributed by atoms with E-state index in [9.17, 15) is 0 Å². The molecule has 0 aromatic carbocycles. The Balaban J connectivity index is 2.50. The zero-order chi connectivity index (χ0) is 11.5. The van der Waals surface area contributed by atoms with Gasteiger partial charge in [0, 0.05) is 25.1 Å². The van der Waals surface area contributed by atoms with Crippen molar-refractivity contribution in [2.24, 2.45) is 0 Å². The lowest BCUT2D eigenvalue weighted by atomic mass is 10.3. The molecule has 5 heteroatoms. The van der Waals surface area contributed by atoms with Crippen LogP contribution in [0.15, 0.2) is 18.3 Å². The van der Waals surface area contributed by atoms with E-state index in [1.165, 1.54) is 0 Å². The highest BCUT2D eigenvalue weighted by Crippen LogP contribution is 2.12. The van der Waals surface area contributed by atoms with E-state index < -0.39 is 0 Å². The second kappa shape index (κ2) is 4.30. The summed E-state index contributed by atoms with van der Waals surface area (Å²) in [6.07, 6.45) is 3.35. The van der Waals surface area contributed by atoms with Crippen LogP contribution in [-0.2, 0) is 12.8 Å². The smallest absolute Gasteiger partial charge is 0.151 e. The summed E-state index contributed by atoms with van der Waals surface area (Å²) in [7, 11) is 0. The van der Waals surface area contributed by atoms with Gasteiger partial charge >= 0.3 is 0 Å². The number of nitrogens with two attached hydrogens (primary N) is 1. The summed E-state index contributed by atoms with van der Waals surface area (Å²) >= 11 is 0. The third kappa shape index (κ3) is 1.88. The lowest BCUT2D eigenvalue weighted by Gasteiger charge is -2.04. The summed E-state index contributed by atoms with van der Waals surface area (Å²) in [5.41, 5.74) is 6.57. The molecule has 0 atom stereocenters. The monoisotopic (exact) mass is 217 g/mol. The van der Waals surface area contributed by atoms with Gasteiger partial charge in [-0.3, -0.25) is 0 Å². The number of pyridine rings is 1. The van der Waals surface area contributed by atoms with Gasteiger partial charge in [0.05, 0.1) is 5.69 Å². The molecule has 0 aliphatic heterocycles. The van der Waals surface area contributed by atoms with Gasteiger partial charge in [-0.2, -0.15) is 5.10 Å². The molecule has 0 spiro atoms. The summed E-state index contributed by atoms with van der Waals surface area (Å²) in [5.74, 6) is 2.29. The highest BCUT2D eigenvalue weighted by atomic mass is 15.3. The molecule has 16 heavy (non-hydrogen) atoms. The lowest BCUT2D eigenvalue weighted by molar-refractivity contribution is 0.790. The first kappa shape index (κ1) is 10.6. The SMILES string of the molecule is CCc1nc(CC)n(-c2ccnc(N)c2)n1. The maximum absolute atomic E-state index is 5.65. The topological polar surface area (TPSA) is 69.6 Å². The molecule has 0 amide bonds. The normalized spacial score (nSPS) is 10.6. The highest BCUT2D eigenvalue weighted by Gasteiger charge is 2.08. The van der Waals surface area contributed by atoms with Gasteiger partial charge in [-0.05, 0) is 6.07 Å². The van der Waals surface area contributed by atoms with Crippen LogP contribution in [0.25, 0.3) is 5.69 Å². The first-order chi connectivity index (χ1) is 7.74. The fourth-order valence-corrected chi connectivity index (χ4v) is 1.55. The molecule has 2 heterocycles. The molecule has 0 unspecified atom stereocenters. The van der Waals surface area contributed by atoms with Crippen LogP contribution in [0, 0.1) is 0 Å². The zero-order valence-electron chi connectivity index (χ0n) is 9.51. The molecule has 2 N–H and O–H groups in total. The van der Waals surface area contributed by atoms with Crippen LogP contribution in [0.1, 0.15) is 25.5 Å². The summed E-state index contributed by atoms with van der Waals surface area (Å²) in [5, 5.41) is 4.43. The van der Waals surface area contributed by atoms with E-state index in [-0.39, 0.29) is 0 Å². The Labute approximate surface area is 94.3 Å². The number of rotatable bonds is 3. The van der Waals surface area contributed by atoms with E-state index in [0.29, 0.717) is 5.82 Å². The van der Waals surface area contributed by atoms with E-state index in [2.05, 4.69) is 22.0 Å². The molecular weight excluding hydrogens is 202 g/mol. The molecular formula is C11H15N5. The standard InChI is InChI=1S/C11H15N5/c1-3-10-14-11(4-2)16(15-10)8-5-6-13-9(12)7-8/h5-7H,3-4H2,1-2H3,(H2,12,13). The molecule has 0 radical (unpaired) electrons. The third-order valence-corrected chi connectivity index (χ3v) is 2.36. The van der Waals surface area contributed by atoms with Crippen molar-refractivity contribution in [2.75, 3.05) is 5.73 Å². The van der Waals surface area contributed by atoms with E-state index in [1.807, 2.05) is 17.7 Å². The van der Waals surface area contributed by atoms with Gasteiger partial charge in [0.2, 0.25) is 0 Å². The Morgan fingerprint density at radius 3 is 2.75 bits per heavy atom. The van der Waals surface area contributed by atoms with Gasteiger partial charge in [0.25, 0.3) is 0 Å². The third-order valence-electron chi connectivity index (χ3n) is 2.36. The zero-order valence-corrected chi connectivity index (χ0v) is 9.51. The molecule has 0 aliphatic carbocycles. The second-order valence-electron chi connectivity index (χ2n) is 3.50. The minimum absolute atomic E-state index is 0.494. The number of hydrogen-bond acceptors (Lipinski definition) is 4. The van der Waals surface area contributed by atoms with Gasteiger partial charge in [0.1, 0.15) is 11.6 Å². The molecule has 2 rings (SSSR count). The van der Waals surface area contributed by atoms with E-state index in [4.69, 9.17) is 5.73 Å². The summed E-state index contributed by atoms with van der Waals surface area (Å²) in [6.45, 7) is 4.10. The maximum atomic E-state index is 5.65. The molecule has 5 nitrogen and oxygen atoms in total. The van der Waals surface area contributed by atoms with Crippen molar-refractivity contribution in [3.8, 4) is 5.69 Å². The minimum Gasteiger partial charge on any atom is -0.384 e. The fraction of sp³-hybridized carbons (Fsp3) is 0.364. The maximum Gasteiger partial charge on any atom is 0.151 e. The second-order valence-corrected chi connectivity index (χ2v) is 3.50. The summed E-state index contributed by atoms with van der Waals surface area (Å²) in [6, 6.07) is 3.68. The molecule has 2 aromatic heterocycles.